The van der Waals surface area contributed by atoms with Crippen molar-refractivity contribution in [2.45, 2.75) is 4.90 Å². The van der Waals surface area contributed by atoms with Gasteiger partial charge in [0.05, 0.1) is 18.1 Å². The highest BCUT2D eigenvalue weighted by Gasteiger charge is 2.18. The minimum Gasteiger partial charge on any atom is -0.398 e. The second-order valence-corrected chi connectivity index (χ2v) is 5.98. The Morgan fingerprint density at radius 3 is 2.58 bits per heavy atom. The molecule has 0 unspecified atom stereocenters. The molecule has 19 heavy (non-hydrogen) atoms. The Morgan fingerprint density at radius 2 is 2.00 bits per heavy atom. The Labute approximate surface area is 117 Å². The quantitative estimate of drug-likeness (QED) is 0.825. The second-order valence-electron chi connectivity index (χ2n) is 3.51. The lowest BCUT2D eigenvalue weighted by atomic mass is 10.3. The Balaban J connectivity index is 2.35. The van der Waals surface area contributed by atoms with Crippen LogP contribution in [0.4, 0.5) is 15.9 Å². The van der Waals surface area contributed by atoms with E-state index in [0.29, 0.717) is 4.60 Å². The van der Waals surface area contributed by atoms with E-state index < -0.39 is 15.8 Å². The molecular weight excluding hydrogens is 339 g/mol. The standard InChI is InChI=1S/C10H8BrFN4O2S/c11-9-4-15-10(5-14-9)16-19(17,18)8-2-1-6(12)3-7(8)13/h1-5H,13H2,(H,15,16). The molecule has 0 saturated carbocycles. The van der Waals surface area contributed by atoms with Crippen molar-refractivity contribution in [2.24, 2.45) is 0 Å². The van der Waals surface area contributed by atoms with E-state index in [1.165, 1.54) is 12.4 Å². The van der Waals surface area contributed by atoms with Gasteiger partial charge < -0.3 is 5.73 Å². The number of hydrogen-bond acceptors (Lipinski definition) is 5. The molecule has 9 heteroatoms. The molecule has 0 aliphatic heterocycles. The molecule has 2 rings (SSSR count). The smallest absolute Gasteiger partial charge is 0.265 e. The first-order valence-corrected chi connectivity index (χ1v) is 7.21. The number of anilines is 2. The van der Waals surface area contributed by atoms with E-state index in [1.807, 2.05) is 0 Å². The monoisotopic (exact) mass is 346 g/mol. The Bertz CT molecular complexity index is 706. The van der Waals surface area contributed by atoms with E-state index in [1.54, 1.807) is 0 Å². The summed E-state index contributed by atoms with van der Waals surface area (Å²) in [7, 11) is -3.93. The van der Waals surface area contributed by atoms with E-state index in [-0.39, 0.29) is 16.4 Å². The lowest BCUT2D eigenvalue weighted by Crippen LogP contribution is -2.15. The molecule has 0 spiro atoms. The SMILES string of the molecule is Nc1cc(F)ccc1S(=O)(=O)Nc1cnc(Br)cn1. The number of halogens is 2. The maximum Gasteiger partial charge on any atom is 0.265 e. The number of aromatic nitrogens is 2. The van der Waals surface area contributed by atoms with Gasteiger partial charge in [0.25, 0.3) is 10.0 Å². The lowest BCUT2D eigenvalue weighted by molar-refractivity contribution is 0.600. The molecule has 1 heterocycles. The molecule has 1 aromatic heterocycles. The van der Waals surface area contributed by atoms with Crippen molar-refractivity contribution in [2.75, 3.05) is 10.5 Å². The van der Waals surface area contributed by atoms with Crippen molar-refractivity contribution in [1.29, 1.82) is 0 Å². The fourth-order valence-corrected chi connectivity index (χ4v) is 2.63. The van der Waals surface area contributed by atoms with Crippen molar-refractivity contribution >= 4 is 37.5 Å². The molecule has 0 atom stereocenters. The molecule has 6 nitrogen and oxygen atoms in total. The molecular formula is C10H8BrFN4O2S. The molecule has 0 aliphatic rings. The van der Waals surface area contributed by atoms with Gasteiger partial charge in [-0.2, -0.15) is 0 Å². The van der Waals surface area contributed by atoms with Crippen LogP contribution < -0.4 is 10.5 Å². The highest BCUT2D eigenvalue weighted by Crippen LogP contribution is 2.21. The molecule has 2 aromatic rings. The number of nitrogens with one attached hydrogen (secondary N) is 1. The first-order chi connectivity index (χ1) is 8.88. The zero-order valence-electron chi connectivity index (χ0n) is 9.34. The third kappa shape index (κ3) is 3.18. The summed E-state index contributed by atoms with van der Waals surface area (Å²) in [5, 5.41) is 0. The number of hydrogen-bond donors (Lipinski definition) is 2. The molecule has 3 N–H and O–H groups in total. The van der Waals surface area contributed by atoms with Crippen LogP contribution in [-0.2, 0) is 10.0 Å². The van der Waals surface area contributed by atoms with Gasteiger partial charge in [0.1, 0.15) is 15.3 Å². The fraction of sp³-hybridized carbons (Fsp3) is 0. The van der Waals surface area contributed by atoms with Crippen molar-refractivity contribution in [3.8, 4) is 0 Å². The number of nitrogens with zero attached hydrogens (tertiary/aromatic N) is 2. The van der Waals surface area contributed by atoms with Gasteiger partial charge in [-0.15, -0.1) is 0 Å². The summed E-state index contributed by atoms with van der Waals surface area (Å²) in [5.41, 5.74) is 5.30. The van der Waals surface area contributed by atoms with E-state index >= 15 is 0 Å². The van der Waals surface area contributed by atoms with Crippen LogP contribution in [0.3, 0.4) is 0 Å². The minimum absolute atomic E-state index is 0.0342. The van der Waals surface area contributed by atoms with Gasteiger partial charge in [-0.25, -0.2) is 22.8 Å². The average molecular weight is 347 g/mol. The van der Waals surface area contributed by atoms with Gasteiger partial charge in [-0.05, 0) is 34.1 Å². The van der Waals surface area contributed by atoms with Crippen LogP contribution in [0.2, 0.25) is 0 Å². The summed E-state index contributed by atoms with van der Waals surface area (Å²) >= 11 is 3.08. The van der Waals surface area contributed by atoms with Gasteiger partial charge in [0, 0.05) is 0 Å². The summed E-state index contributed by atoms with van der Waals surface area (Å²) < 4.78 is 39.6. The van der Waals surface area contributed by atoms with Gasteiger partial charge in [0.2, 0.25) is 0 Å². The maximum absolute atomic E-state index is 12.9. The zero-order chi connectivity index (χ0) is 14.0. The van der Waals surface area contributed by atoms with E-state index in [2.05, 4.69) is 30.6 Å². The molecule has 0 bridgehead atoms. The van der Waals surface area contributed by atoms with Crippen LogP contribution in [0.1, 0.15) is 0 Å². The molecule has 0 fully saturated rings. The van der Waals surface area contributed by atoms with Crippen LogP contribution in [0.15, 0.2) is 40.1 Å². The van der Waals surface area contributed by atoms with E-state index in [9.17, 15) is 12.8 Å². The van der Waals surface area contributed by atoms with Gasteiger partial charge in [0.15, 0.2) is 5.82 Å². The zero-order valence-corrected chi connectivity index (χ0v) is 11.7. The first-order valence-electron chi connectivity index (χ1n) is 4.94. The molecule has 0 aliphatic carbocycles. The topological polar surface area (TPSA) is 98.0 Å². The Morgan fingerprint density at radius 1 is 1.26 bits per heavy atom. The number of nitrogens with two attached hydrogens (primary N) is 1. The number of nitrogen functional groups attached to an aromatic ring is 1. The maximum atomic E-state index is 12.9. The van der Waals surface area contributed by atoms with Crippen molar-refractivity contribution < 1.29 is 12.8 Å². The van der Waals surface area contributed by atoms with Gasteiger partial charge >= 0.3 is 0 Å². The number of rotatable bonds is 3. The highest BCUT2D eigenvalue weighted by atomic mass is 79.9. The van der Waals surface area contributed by atoms with Crippen molar-refractivity contribution in [3.05, 3.63) is 41.0 Å². The highest BCUT2D eigenvalue weighted by molar-refractivity contribution is 9.10. The van der Waals surface area contributed by atoms with E-state index in [0.717, 1.165) is 18.2 Å². The van der Waals surface area contributed by atoms with Gasteiger partial charge in [-0.3, -0.25) is 4.72 Å². The van der Waals surface area contributed by atoms with Crippen LogP contribution in [0.25, 0.3) is 0 Å². The summed E-state index contributed by atoms with van der Waals surface area (Å²) in [6.45, 7) is 0. The number of sulfonamides is 1. The Kier molecular flexibility index (Phi) is 3.67. The average Bonchev–Trinajstić information content (AvgIpc) is 2.31. The predicted octanol–water partition coefficient (Wildman–Crippen LogP) is 1.76. The molecule has 0 radical (unpaired) electrons. The Hall–Kier alpha value is -1.74. The summed E-state index contributed by atoms with van der Waals surface area (Å²) in [6, 6.07) is 3.03. The lowest BCUT2D eigenvalue weighted by Gasteiger charge is -2.09. The van der Waals surface area contributed by atoms with Gasteiger partial charge in [-0.1, -0.05) is 0 Å². The van der Waals surface area contributed by atoms with Crippen LogP contribution in [0.5, 0.6) is 0 Å². The summed E-state index contributed by atoms with van der Waals surface area (Å²) in [4.78, 5) is 7.43. The predicted molar refractivity (Wildman–Crippen MR) is 71.4 cm³/mol. The molecule has 0 saturated heterocycles. The summed E-state index contributed by atoms with van der Waals surface area (Å²) in [5.74, 6) is -0.577. The normalized spacial score (nSPS) is 11.3. The molecule has 1 aromatic carbocycles. The number of benzene rings is 1. The minimum atomic E-state index is -3.93. The second kappa shape index (κ2) is 5.10. The third-order valence-corrected chi connectivity index (χ3v) is 3.96. The third-order valence-electron chi connectivity index (χ3n) is 2.12. The molecule has 0 amide bonds. The van der Waals surface area contributed by atoms with Crippen LogP contribution >= 0.6 is 15.9 Å². The summed E-state index contributed by atoms with van der Waals surface area (Å²) in [6.07, 6.45) is 2.58. The van der Waals surface area contributed by atoms with Crippen LogP contribution in [-0.4, -0.2) is 18.4 Å². The first kappa shape index (κ1) is 13.7. The van der Waals surface area contributed by atoms with E-state index in [4.69, 9.17) is 5.73 Å². The van der Waals surface area contributed by atoms with Crippen molar-refractivity contribution in [1.82, 2.24) is 9.97 Å². The fourth-order valence-electron chi connectivity index (χ4n) is 1.32. The molecule has 100 valence electrons. The largest absolute Gasteiger partial charge is 0.398 e. The van der Waals surface area contributed by atoms with Crippen LogP contribution in [0, 0.1) is 5.82 Å². The van der Waals surface area contributed by atoms with Crippen molar-refractivity contribution in [3.63, 3.8) is 0 Å².